The third kappa shape index (κ3) is 2.65. The van der Waals surface area contributed by atoms with Crippen LogP contribution in [0.15, 0.2) is 28.8 Å². The molecule has 0 saturated carbocycles. The molecule has 1 amide bonds. The molecule has 116 valence electrons. The van der Waals surface area contributed by atoms with Crippen molar-refractivity contribution in [3.05, 3.63) is 52.4 Å². The van der Waals surface area contributed by atoms with Gasteiger partial charge in [0.15, 0.2) is 0 Å². The van der Waals surface area contributed by atoms with E-state index in [1.165, 1.54) is 11.1 Å². The number of amides is 1. The fourth-order valence-corrected chi connectivity index (χ4v) is 3.38. The molecule has 4 nitrogen and oxygen atoms in total. The number of benzene rings is 1. The Hall–Kier alpha value is -2.10. The summed E-state index contributed by atoms with van der Waals surface area (Å²) >= 11 is 0. The second-order valence-corrected chi connectivity index (χ2v) is 6.06. The van der Waals surface area contributed by atoms with Gasteiger partial charge in [-0.1, -0.05) is 29.4 Å². The Morgan fingerprint density at radius 1 is 1.36 bits per heavy atom. The molecule has 0 N–H and O–H groups in total. The summed E-state index contributed by atoms with van der Waals surface area (Å²) in [6, 6.07) is 8.65. The van der Waals surface area contributed by atoms with Crippen LogP contribution in [0, 0.1) is 13.8 Å². The molecule has 1 unspecified atom stereocenters. The highest BCUT2D eigenvalue weighted by atomic mass is 16.5. The fraction of sp³-hybridized carbons (Fsp3) is 0.444. The van der Waals surface area contributed by atoms with Crippen molar-refractivity contribution in [1.82, 2.24) is 10.1 Å². The first-order chi connectivity index (χ1) is 10.6. The Morgan fingerprint density at radius 2 is 2.14 bits per heavy atom. The number of aryl methyl sites for hydroxylation is 3. The zero-order chi connectivity index (χ0) is 15.7. The first kappa shape index (κ1) is 14.8. The average molecular weight is 298 g/mol. The van der Waals surface area contributed by atoms with E-state index in [9.17, 15) is 4.79 Å². The van der Waals surface area contributed by atoms with Crippen molar-refractivity contribution in [1.29, 1.82) is 0 Å². The van der Waals surface area contributed by atoms with E-state index in [2.05, 4.69) is 29.4 Å². The number of carbonyl (C=O) groups excluding carboxylic acids is 1. The molecule has 1 atom stereocenters. The van der Waals surface area contributed by atoms with Gasteiger partial charge in [0.1, 0.15) is 5.76 Å². The Bertz CT molecular complexity index is 671. The summed E-state index contributed by atoms with van der Waals surface area (Å²) in [4.78, 5) is 14.4. The average Bonchev–Trinajstić information content (AvgIpc) is 3.08. The molecule has 0 radical (unpaired) electrons. The van der Waals surface area contributed by atoms with Gasteiger partial charge in [-0.15, -0.1) is 0 Å². The second kappa shape index (κ2) is 5.95. The van der Waals surface area contributed by atoms with E-state index in [1.54, 1.807) is 0 Å². The van der Waals surface area contributed by atoms with E-state index in [-0.39, 0.29) is 11.9 Å². The van der Waals surface area contributed by atoms with Crippen molar-refractivity contribution in [3.8, 4) is 0 Å². The van der Waals surface area contributed by atoms with Gasteiger partial charge >= 0.3 is 0 Å². The molecule has 0 fully saturated rings. The van der Waals surface area contributed by atoms with Crippen molar-refractivity contribution in [3.63, 3.8) is 0 Å². The maximum atomic E-state index is 12.5. The minimum atomic E-state index is 0.182. The molecule has 1 aliphatic carbocycles. The molecule has 0 saturated heterocycles. The molecule has 1 aliphatic rings. The third-order valence-electron chi connectivity index (χ3n) is 4.73. The Balaban J connectivity index is 1.66. The van der Waals surface area contributed by atoms with Crippen LogP contribution >= 0.6 is 0 Å². The smallest absolute Gasteiger partial charge is 0.223 e. The molecule has 2 aromatic rings. The molecule has 1 heterocycles. The van der Waals surface area contributed by atoms with Gasteiger partial charge in [-0.05, 0) is 44.2 Å². The Kier molecular flexibility index (Phi) is 4.01. The summed E-state index contributed by atoms with van der Waals surface area (Å²) in [5.74, 6) is 1.00. The van der Waals surface area contributed by atoms with Crippen molar-refractivity contribution in [2.45, 2.75) is 45.6 Å². The first-order valence-electron chi connectivity index (χ1n) is 7.83. The molecule has 0 bridgehead atoms. The zero-order valence-electron chi connectivity index (χ0n) is 13.4. The van der Waals surface area contributed by atoms with Crippen LogP contribution < -0.4 is 0 Å². The molecule has 4 heteroatoms. The second-order valence-electron chi connectivity index (χ2n) is 6.06. The van der Waals surface area contributed by atoms with Gasteiger partial charge in [-0.25, -0.2) is 0 Å². The van der Waals surface area contributed by atoms with Crippen LogP contribution in [0.1, 0.15) is 47.0 Å². The number of hydrogen-bond acceptors (Lipinski definition) is 3. The van der Waals surface area contributed by atoms with Crippen LogP contribution in [0.4, 0.5) is 0 Å². The summed E-state index contributed by atoms with van der Waals surface area (Å²) in [7, 11) is 1.92. The van der Waals surface area contributed by atoms with Gasteiger partial charge in [-0.3, -0.25) is 4.79 Å². The van der Waals surface area contributed by atoms with Crippen LogP contribution in [0.5, 0.6) is 0 Å². The van der Waals surface area contributed by atoms with Crippen LogP contribution in [-0.2, 0) is 17.6 Å². The summed E-state index contributed by atoms with van der Waals surface area (Å²) in [6.45, 7) is 3.82. The number of hydrogen-bond donors (Lipinski definition) is 0. The van der Waals surface area contributed by atoms with E-state index in [0.717, 1.165) is 29.9 Å². The molecular formula is C18H22N2O2. The molecule has 0 aliphatic heterocycles. The number of carbonyl (C=O) groups is 1. The molecule has 1 aromatic heterocycles. The molecular weight excluding hydrogens is 276 g/mol. The summed E-state index contributed by atoms with van der Waals surface area (Å²) in [6.07, 6.45) is 3.27. The lowest BCUT2D eigenvalue weighted by molar-refractivity contribution is -0.132. The number of aromatic nitrogens is 1. The monoisotopic (exact) mass is 298 g/mol. The van der Waals surface area contributed by atoms with Gasteiger partial charge < -0.3 is 9.42 Å². The lowest BCUT2D eigenvalue weighted by Crippen LogP contribution is -2.30. The zero-order valence-corrected chi connectivity index (χ0v) is 13.4. The van der Waals surface area contributed by atoms with E-state index >= 15 is 0 Å². The first-order valence-corrected chi connectivity index (χ1v) is 7.83. The van der Waals surface area contributed by atoms with E-state index in [4.69, 9.17) is 4.52 Å². The summed E-state index contributed by atoms with van der Waals surface area (Å²) in [5, 5.41) is 3.95. The van der Waals surface area contributed by atoms with E-state index in [1.807, 2.05) is 25.8 Å². The van der Waals surface area contributed by atoms with Crippen molar-refractivity contribution < 1.29 is 9.32 Å². The normalized spacial score (nSPS) is 16.6. The predicted molar refractivity (Wildman–Crippen MR) is 84.6 cm³/mol. The van der Waals surface area contributed by atoms with E-state index in [0.29, 0.717) is 12.8 Å². The highest BCUT2D eigenvalue weighted by Crippen LogP contribution is 2.35. The standard InChI is InChI=1S/C18H22N2O2/c1-12-15(13(2)22-19-12)9-11-18(21)20(3)17-10-8-14-6-4-5-7-16(14)17/h4-7,17H,8-11H2,1-3H3. The predicted octanol–water partition coefficient (Wildman–Crippen LogP) is 3.37. The maximum Gasteiger partial charge on any atom is 0.223 e. The molecule has 1 aromatic carbocycles. The quantitative estimate of drug-likeness (QED) is 0.869. The lowest BCUT2D eigenvalue weighted by atomic mass is 10.1. The van der Waals surface area contributed by atoms with Crippen molar-refractivity contribution in [2.75, 3.05) is 7.05 Å². The highest BCUT2D eigenvalue weighted by molar-refractivity contribution is 5.77. The molecule has 3 rings (SSSR count). The number of rotatable bonds is 4. The van der Waals surface area contributed by atoms with Gasteiger partial charge in [0.25, 0.3) is 0 Å². The van der Waals surface area contributed by atoms with Crippen LogP contribution in [0.2, 0.25) is 0 Å². The molecule has 0 spiro atoms. The van der Waals surface area contributed by atoms with Crippen LogP contribution in [-0.4, -0.2) is 23.0 Å². The van der Waals surface area contributed by atoms with Gasteiger partial charge in [0.05, 0.1) is 11.7 Å². The van der Waals surface area contributed by atoms with Gasteiger partial charge in [0.2, 0.25) is 5.91 Å². The topological polar surface area (TPSA) is 46.3 Å². The minimum Gasteiger partial charge on any atom is -0.361 e. The number of fused-ring (bicyclic) bond motifs is 1. The SMILES string of the molecule is Cc1noc(C)c1CCC(=O)N(C)C1CCc2ccccc21. The highest BCUT2D eigenvalue weighted by Gasteiger charge is 2.28. The number of nitrogens with zero attached hydrogens (tertiary/aromatic N) is 2. The Labute approximate surface area is 131 Å². The van der Waals surface area contributed by atoms with Gasteiger partial charge in [-0.2, -0.15) is 0 Å². The third-order valence-corrected chi connectivity index (χ3v) is 4.73. The van der Waals surface area contributed by atoms with Crippen LogP contribution in [0.25, 0.3) is 0 Å². The maximum absolute atomic E-state index is 12.5. The minimum absolute atomic E-state index is 0.182. The lowest BCUT2D eigenvalue weighted by Gasteiger charge is -2.25. The fourth-order valence-electron chi connectivity index (χ4n) is 3.38. The summed E-state index contributed by atoms with van der Waals surface area (Å²) in [5.41, 5.74) is 4.63. The van der Waals surface area contributed by atoms with Crippen molar-refractivity contribution >= 4 is 5.91 Å². The van der Waals surface area contributed by atoms with Gasteiger partial charge in [0, 0.05) is 19.0 Å². The summed E-state index contributed by atoms with van der Waals surface area (Å²) < 4.78 is 5.16. The Morgan fingerprint density at radius 3 is 2.86 bits per heavy atom. The van der Waals surface area contributed by atoms with Crippen LogP contribution in [0.3, 0.4) is 0 Å². The largest absolute Gasteiger partial charge is 0.361 e. The van der Waals surface area contributed by atoms with E-state index < -0.39 is 0 Å². The van der Waals surface area contributed by atoms with Crippen molar-refractivity contribution in [2.24, 2.45) is 0 Å². The molecule has 22 heavy (non-hydrogen) atoms.